The molecule has 1 aromatic rings. The van der Waals surface area contributed by atoms with Gasteiger partial charge in [0.2, 0.25) is 0 Å². The average molecular weight is 248 g/mol. The van der Waals surface area contributed by atoms with E-state index in [2.05, 4.69) is 9.88 Å². The van der Waals surface area contributed by atoms with Crippen molar-refractivity contribution in [3.8, 4) is 0 Å². The molecule has 0 saturated carbocycles. The van der Waals surface area contributed by atoms with Crippen LogP contribution in [-0.2, 0) is 0 Å². The lowest BCUT2D eigenvalue weighted by molar-refractivity contribution is 0.100. The van der Waals surface area contributed by atoms with E-state index in [0.717, 1.165) is 31.6 Å². The van der Waals surface area contributed by atoms with Crippen LogP contribution in [0.25, 0.3) is 0 Å². The number of carbonyl (C=O) groups excluding carboxylic acids is 1. The van der Waals surface area contributed by atoms with Gasteiger partial charge < -0.3 is 16.4 Å². The summed E-state index contributed by atoms with van der Waals surface area (Å²) in [4.78, 5) is 17.8. The number of nitrogens with two attached hydrogens (primary N) is 2. The number of aromatic nitrogens is 1. The molecule has 1 saturated heterocycles. The first kappa shape index (κ1) is 12.7. The zero-order valence-electron chi connectivity index (χ0n) is 10.6. The Morgan fingerprint density at radius 1 is 1.17 bits per heavy atom. The molecule has 4 N–H and O–H groups in total. The van der Waals surface area contributed by atoms with Gasteiger partial charge in [0.1, 0.15) is 5.82 Å². The van der Waals surface area contributed by atoms with Gasteiger partial charge in [-0.15, -0.1) is 0 Å². The van der Waals surface area contributed by atoms with Gasteiger partial charge in [-0.2, -0.15) is 0 Å². The topological polar surface area (TPSA) is 85.2 Å². The van der Waals surface area contributed by atoms with Crippen LogP contribution in [0.4, 0.5) is 11.5 Å². The van der Waals surface area contributed by atoms with E-state index in [1.807, 2.05) is 0 Å². The number of primary amides is 1. The fourth-order valence-corrected chi connectivity index (χ4v) is 2.40. The monoisotopic (exact) mass is 248 g/mol. The Morgan fingerprint density at radius 2 is 1.78 bits per heavy atom. The van der Waals surface area contributed by atoms with Gasteiger partial charge in [0.25, 0.3) is 5.91 Å². The molecule has 2 rings (SSSR count). The van der Waals surface area contributed by atoms with Crippen molar-refractivity contribution in [3.63, 3.8) is 0 Å². The third kappa shape index (κ3) is 2.91. The molecule has 0 aromatic carbocycles. The van der Waals surface area contributed by atoms with Crippen molar-refractivity contribution in [3.05, 3.63) is 17.8 Å². The second kappa shape index (κ2) is 5.71. The van der Waals surface area contributed by atoms with E-state index in [-0.39, 0.29) is 0 Å². The Hall–Kier alpha value is -1.78. The van der Waals surface area contributed by atoms with Gasteiger partial charge in [-0.25, -0.2) is 4.98 Å². The van der Waals surface area contributed by atoms with Crippen LogP contribution in [0.1, 0.15) is 42.5 Å². The van der Waals surface area contributed by atoms with Crippen molar-refractivity contribution in [2.24, 2.45) is 5.73 Å². The van der Waals surface area contributed by atoms with Gasteiger partial charge >= 0.3 is 0 Å². The highest BCUT2D eigenvalue weighted by atomic mass is 16.1. The fourth-order valence-electron chi connectivity index (χ4n) is 2.40. The molecule has 1 fully saturated rings. The van der Waals surface area contributed by atoms with Gasteiger partial charge in [-0.05, 0) is 18.9 Å². The minimum Gasteiger partial charge on any atom is -0.384 e. The predicted molar refractivity (Wildman–Crippen MR) is 72.5 cm³/mol. The molecule has 5 heteroatoms. The van der Waals surface area contributed by atoms with E-state index in [0.29, 0.717) is 11.4 Å². The van der Waals surface area contributed by atoms with E-state index in [4.69, 9.17) is 11.5 Å². The average Bonchev–Trinajstić information content (AvgIpc) is 2.29. The smallest absolute Gasteiger partial charge is 0.251 e. The summed E-state index contributed by atoms with van der Waals surface area (Å²) in [5.41, 5.74) is 12.3. The number of anilines is 2. The quantitative estimate of drug-likeness (QED) is 0.831. The van der Waals surface area contributed by atoms with Crippen molar-refractivity contribution in [1.82, 2.24) is 4.98 Å². The molecule has 1 aromatic heterocycles. The lowest BCUT2D eigenvalue weighted by atomic mass is 10.1. The molecule has 1 aliphatic rings. The maximum absolute atomic E-state index is 11.5. The molecule has 0 radical (unpaired) electrons. The summed E-state index contributed by atoms with van der Waals surface area (Å²) in [6, 6.07) is 1.57. The zero-order chi connectivity index (χ0) is 13.0. The molecule has 0 spiro atoms. The SMILES string of the molecule is NC(=O)c1cc(N)ncc1N1CCCCCCC1. The second-order valence-corrected chi connectivity index (χ2v) is 4.75. The summed E-state index contributed by atoms with van der Waals surface area (Å²) in [7, 11) is 0. The van der Waals surface area contributed by atoms with Crippen molar-refractivity contribution in [1.29, 1.82) is 0 Å². The summed E-state index contributed by atoms with van der Waals surface area (Å²) in [6.07, 6.45) is 7.73. The lowest BCUT2D eigenvalue weighted by Crippen LogP contribution is -2.30. The third-order valence-corrected chi connectivity index (χ3v) is 3.37. The summed E-state index contributed by atoms with van der Waals surface area (Å²) in [5.74, 6) is -0.110. The van der Waals surface area contributed by atoms with Crippen LogP contribution in [0.5, 0.6) is 0 Å². The number of pyridine rings is 1. The zero-order valence-corrected chi connectivity index (χ0v) is 10.6. The molecule has 0 bridgehead atoms. The van der Waals surface area contributed by atoms with Gasteiger partial charge in [-0.3, -0.25) is 4.79 Å². The summed E-state index contributed by atoms with van der Waals surface area (Å²) in [5, 5.41) is 0. The minimum absolute atomic E-state index is 0.333. The maximum atomic E-state index is 11.5. The van der Waals surface area contributed by atoms with Crippen LogP contribution < -0.4 is 16.4 Å². The Labute approximate surface area is 107 Å². The Balaban J connectivity index is 2.27. The molecule has 1 aliphatic heterocycles. The van der Waals surface area contributed by atoms with E-state index >= 15 is 0 Å². The van der Waals surface area contributed by atoms with Crippen LogP contribution in [0.15, 0.2) is 12.3 Å². The minimum atomic E-state index is -0.443. The summed E-state index contributed by atoms with van der Waals surface area (Å²) < 4.78 is 0. The molecule has 0 aliphatic carbocycles. The molecule has 0 atom stereocenters. The molecule has 18 heavy (non-hydrogen) atoms. The molecule has 2 heterocycles. The third-order valence-electron chi connectivity index (χ3n) is 3.37. The molecule has 0 unspecified atom stereocenters. The van der Waals surface area contributed by atoms with E-state index in [1.165, 1.54) is 19.3 Å². The molecule has 5 nitrogen and oxygen atoms in total. The Kier molecular flexibility index (Phi) is 4.02. The Morgan fingerprint density at radius 3 is 2.39 bits per heavy atom. The second-order valence-electron chi connectivity index (χ2n) is 4.75. The van der Waals surface area contributed by atoms with Crippen molar-refractivity contribution >= 4 is 17.4 Å². The predicted octanol–water partition coefficient (Wildman–Crippen LogP) is 1.53. The maximum Gasteiger partial charge on any atom is 0.251 e. The number of carbonyl (C=O) groups is 1. The number of nitrogens with zero attached hydrogens (tertiary/aromatic N) is 2. The molecule has 98 valence electrons. The number of hydrogen-bond donors (Lipinski definition) is 2. The molecule has 1 amide bonds. The van der Waals surface area contributed by atoms with Crippen LogP contribution in [0.2, 0.25) is 0 Å². The van der Waals surface area contributed by atoms with Gasteiger partial charge in [0, 0.05) is 13.1 Å². The Bertz CT molecular complexity index is 425. The standard InChI is InChI=1S/C13H20N4O/c14-12-8-10(13(15)18)11(9-16-12)17-6-4-2-1-3-5-7-17/h8-9H,1-7H2,(H2,14,16)(H2,15,18). The number of rotatable bonds is 2. The largest absolute Gasteiger partial charge is 0.384 e. The summed E-state index contributed by atoms with van der Waals surface area (Å²) in [6.45, 7) is 1.90. The number of amides is 1. The first-order valence-electron chi connectivity index (χ1n) is 6.49. The van der Waals surface area contributed by atoms with Gasteiger partial charge in [-0.1, -0.05) is 19.3 Å². The van der Waals surface area contributed by atoms with Crippen LogP contribution >= 0.6 is 0 Å². The molecular formula is C13H20N4O. The van der Waals surface area contributed by atoms with Crippen molar-refractivity contribution < 1.29 is 4.79 Å². The lowest BCUT2D eigenvalue weighted by Gasteiger charge is -2.28. The van der Waals surface area contributed by atoms with Crippen molar-refractivity contribution in [2.75, 3.05) is 23.7 Å². The molecular weight excluding hydrogens is 228 g/mol. The van der Waals surface area contributed by atoms with Crippen molar-refractivity contribution in [2.45, 2.75) is 32.1 Å². The van der Waals surface area contributed by atoms with E-state index in [1.54, 1.807) is 12.3 Å². The van der Waals surface area contributed by atoms with Crippen LogP contribution in [0, 0.1) is 0 Å². The normalized spacial score (nSPS) is 17.0. The van der Waals surface area contributed by atoms with Crippen LogP contribution in [0.3, 0.4) is 0 Å². The first-order valence-corrected chi connectivity index (χ1v) is 6.49. The van der Waals surface area contributed by atoms with Gasteiger partial charge in [0.15, 0.2) is 0 Å². The van der Waals surface area contributed by atoms with E-state index < -0.39 is 5.91 Å². The van der Waals surface area contributed by atoms with Crippen LogP contribution in [-0.4, -0.2) is 24.0 Å². The highest BCUT2D eigenvalue weighted by Gasteiger charge is 2.16. The van der Waals surface area contributed by atoms with Gasteiger partial charge in [0.05, 0.1) is 17.4 Å². The highest BCUT2D eigenvalue weighted by molar-refractivity contribution is 5.99. The summed E-state index contributed by atoms with van der Waals surface area (Å²) >= 11 is 0. The number of hydrogen-bond acceptors (Lipinski definition) is 4. The highest BCUT2D eigenvalue weighted by Crippen LogP contribution is 2.23. The van der Waals surface area contributed by atoms with E-state index in [9.17, 15) is 4.79 Å². The fraction of sp³-hybridized carbons (Fsp3) is 0.538. The number of nitrogen functional groups attached to an aromatic ring is 1. The first-order chi connectivity index (χ1) is 8.68.